The monoisotopic (exact) mass is 467 g/mol. The van der Waals surface area contributed by atoms with Crippen LogP contribution in [0, 0.1) is 22.7 Å². The van der Waals surface area contributed by atoms with Gasteiger partial charge in [-0.3, -0.25) is 10.1 Å². The molecule has 1 heterocycles. The lowest BCUT2D eigenvalue weighted by Gasteiger charge is -2.13. The molecule has 0 radical (unpaired) electrons. The van der Waals surface area contributed by atoms with Gasteiger partial charge in [0.1, 0.15) is 30.2 Å². The molecule has 0 atom stereocenters. The number of rotatable bonds is 8. The maximum absolute atomic E-state index is 12.8. The number of hydrogen-bond donors (Lipinski definition) is 1. The van der Waals surface area contributed by atoms with Crippen LogP contribution in [0.1, 0.15) is 32.6 Å². The first kappa shape index (κ1) is 22.5. The molecule has 0 saturated heterocycles. The summed E-state index contributed by atoms with van der Waals surface area (Å²) in [6, 6.07) is 23.4. The highest BCUT2D eigenvalue weighted by atomic mass is 32.1. The third-order valence-electron chi connectivity index (χ3n) is 4.79. The third-order valence-corrected chi connectivity index (χ3v) is 5.39. The number of nitriles is 2. The molecule has 8 nitrogen and oxygen atoms in total. The van der Waals surface area contributed by atoms with E-state index < -0.39 is 5.91 Å². The molecule has 9 heteroatoms. The van der Waals surface area contributed by atoms with Crippen LogP contribution >= 0.6 is 11.3 Å². The van der Waals surface area contributed by atoms with Gasteiger partial charge in [0.05, 0.1) is 23.3 Å². The van der Waals surface area contributed by atoms with E-state index >= 15 is 0 Å². The molecule has 0 saturated carbocycles. The highest BCUT2D eigenvalue weighted by Gasteiger charge is 2.14. The van der Waals surface area contributed by atoms with Crippen LogP contribution in [0.25, 0.3) is 0 Å². The summed E-state index contributed by atoms with van der Waals surface area (Å²) < 4.78 is 11.8. The first-order valence-corrected chi connectivity index (χ1v) is 11.0. The van der Waals surface area contributed by atoms with Gasteiger partial charge in [0.25, 0.3) is 5.91 Å². The second-order valence-electron chi connectivity index (χ2n) is 7.01. The minimum absolute atomic E-state index is 0.141. The molecule has 166 valence electrons. The zero-order chi connectivity index (χ0) is 23.8. The minimum Gasteiger partial charge on any atom is -0.489 e. The van der Waals surface area contributed by atoms with Gasteiger partial charge in [0, 0.05) is 22.8 Å². The molecule has 0 bridgehead atoms. The third kappa shape index (κ3) is 5.54. The fourth-order valence-corrected chi connectivity index (χ4v) is 3.54. The van der Waals surface area contributed by atoms with Crippen molar-refractivity contribution >= 4 is 22.4 Å². The molecule has 0 fully saturated rings. The van der Waals surface area contributed by atoms with E-state index in [-0.39, 0.29) is 13.2 Å². The van der Waals surface area contributed by atoms with Crippen molar-refractivity contribution in [3.05, 3.63) is 100 Å². The van der Waals surface area contributed by atoms with Crippen molar-refractivity contribution in [3.63, 3.8) is 0 Å². The summed E-state index contributed by atoms with van der Waals surface area (Å²) in [5.74, 6) is 0.379. The Balaban J connectivity index is 1.58. The molecule has 0 aliphatic rings. The summed E-state index contributed by atoms with van der Waals surface area (Å²) in [7, 11) is 0. The van der Waals surface area contributed by atoms with Crippen LogP contribution in [0.15, 0.2) is 72.2 Å². The maximum atomic E-state index is 12.8. The molecule has 0 unspecified atom stereocenters. The number of ether oxygens (including phenoxy) is 2. The summed E-state index contributed by atoms with van der Waals surface area (Å²) in [6.45, 7) is 0.282. The Bertz CT molecular complexity index is 1310. The Morgan fingerprint density at radius 2 is 1.44 bits per heavy atom. The Morgan fingerprint density at radius 3 is 1.94 bits per heavy atom. The predicted molar refractivity (Wildman–Crippen MR) is 125 cm³/mol. The van der Waals surface area contributed by atoms with Crippen LogP contribution in [0.2, 0.25) is 0 Å². The van der Waals surface area contributed by atoms with Gasteiger partial charge in [-0.1, -0.05) is 47.7 Å². The molecule has 4 rings (SSSR count). The average Bonchev–Trinajstić information content (AvgIpc) is 3.39. The zero-order valence-corrected chi connectivity index (χ0v) is 18.6. The van der Waals surface area contributed by atoms with Crippen molar-refractivity contribution in [2.45, 2.75) is 13.2 Å². The van der Waals surface area contributed by atoms with E-state index in [9.17, 15) is 15.3 Å². The number of amides is 1. The quantitative estimate of drug-likeness (QED) is 0.399. The zero-order valence-electron chi connectivity index (χ0n) is 17.8. The van der Waals surface area contributed by atoms with Gasteiger partial charge in [-0.15, -0.1) is 10.2 Å². The van der Waals surface area contributed by atoms with E-state index in [1.54, 1.807) is 54.6 Å². The van der Waals surface area contributed by atoms with Crippen LogP contribution < -0.4 is 14.8 Å². The number of carbonyl (C=O) groups is 1. The van der Waals surface area contributed by atoms with Gasteiger partial charge in [-0.25, -0.2) is 0 Å². The van der Waals surface area contributed by atoms with Crippen molar-refractivity contribution in [2.24, 2.45) is 0 Å². The molecule has 1 aromatic heterocycles. The standard InChI is InChI=1S/C25H17N5O3S/c26-12-17-5-1-3-7-19(17)14-32-22-9-21(24(31)29-25-30-28-16-34-25)10-23(11-22)33-15-20-8-4-2-6-18(20)13-27/h1-11,16H,14-15H2,(H,29,30,31). The van der Waals surface area contributed by atoms with Crippen molar-refractivity contribution in [3.8, 4) is 23.6 Å². The van der Waals surface area contributed by atoms with Crippen molar-refractivity contribution in [1.29, 1.82) is 10.5 Å². The lowest BCUT2D eigenvalue weighted by molar-refractivity contribution is 0.102. The Labute approximate surface area is 199 Å². The summed E-state index contributed by atoms with van der Waals surface area (Å²) in [5.41, 5.74) is 4.28. The van der Waals surface area contributed by atoms with Gasteiger partial charge in [-0.05, 0) is 24.3 Å². The summed E-state index contributed by atoms with van der Waals surface area (Å²) >= 11 is 1.20. The number of hydrogen-bond acceptors (Lipinski definition) is 8. The Hall–Kier alpha value is -4.73. The number of benzene rings is 3. The number of aromatic nitrogens is 2. The lowest BCUT2D eigenvalue weighted by Crippen LogP contribution is -2.12. The molecule has 0 aliphatic carbocycles. The molecule has 0 aliphatic heterocycles. The van der Waals surface area contributed by atoms with E-state index in [1.165, 1.54) is 16.8 Å². The maximum Gasteiger partial charge on any atom is 0.257 e. The van der Waals surface area contributed by atoms with Crippen LogP contribution in [0.4, 0.5) is 5.13 Å². The normalized spacial score (nSPS) is 10.1. The first-order chi connectivity index (χ1) is 16.7. The highest BCUT2D eigenvalue weighted by molar-refractivity contribution is 7.13. The Kier molecular flexibility index (Phi) is 7.09. The van der Waals surface area contributed by atoms with Crippen molar-refractivity contribution in [2.75, 3.05) is 5.32 Å². The van der Waals surface area contributed by atoms with Gasteiger partial charge in [-0.2, -0.15) is 10.5 Å². The number of nitrogens with one attached hydrogen (secondary N) is 1. The number of anilines is 1. The molecule has 1 amide bonds. The second kappa shape index (κ2) is 10.7. The lowest BCUT2D eigenvalue weighted by atomic mass is 10.1. The smallest absolute Gasteiger partial charge is 0.257 e. The first-order valence-electron chi connectivity index (χ1n) is 10.1. The minimum atomic E-state index is -0.401. The molecular weight excluding hydrogens is 450 g/mol. The summed E-state index contributed by atoms with van der Waals surface area (Å²) in [4.78, 5) is 12.8. The molecule has 1 N–H and O–H groups in total. The van der Waals surface area contributed by atoms with E-state index in [4.69, 9.17) is 9.47 Å². The van der Waals surface area contributed by atoms with E-state index in [2.05, 4.69) is 27.7 Å². The number of nitrogens with zero attached hydrogens (tertiary/aromatic N) is 4. The van der Waals surface area contributed by atoms with Gasteiger partial charge in [0.2, 0.25) is 5.13 Å². The highest BCUT2D eigenvalue weighted by Crippen LogP contribution is 2.26. The molecule has 34 heavy (non-hydrogen) atoms. The predicted octanol–water partition coefficient (Wildman–Crippen LogP) is 4.69. The van der Waals surface area contributed by atoms with E-state index in [1.807, 2.05) is 12.1 Å². The van der Waals surface area contributed by atoms with Gasteiger partial charge in [0.15, 0.2) is 0 Å². The summed E-state index contributed by atoms with van der Waals surface area (Å²) in [6.07, 6.45) is 0. The van der Waals surface area contributed by atoms with Crippen LogP contribution in [-0.2, 0) is 13.2 Å². The molecule has 3 aromatic carbocycles. The molecule has 0 spiro atoms. The average molecular weight is 468 g/mol. The van der Waals surface area contributed by atoms with Gasteiger partial charge >= 0.3 is 0 Å². The number of carbonyl (C=O) groups excluding carboxylic acids is 1. The SMILES string of the molecule is N#Cc1ccccc1COc1cc(OCc2ccccc2C#N)cc(C(=O)Nc2nncs2)c1. The van der Waals surface area contributed by atoms with Crippen LogP contribution in [0.3, 0.4) is 0 Å². The second-order valence-corrected chi connectivity index (χ2v) is 7.84. The van der Waals surface area contributed by atoms with Crippen molar-refractivity contribution < 1.29 is 14.3 Å². The van der Waals surface area contributed by atoms with Crippen LogP contribution in [-0.4, -0.2) is 16.1 Å². The topological polar surface area (TPSA) is 121 Å². The Morgan fingerprint density at radius 1 is 0.882 bits per heavy atom. The van der Waals surface area contributed by atoms with E-state index in [0.29, 0.717) is 33.3 Å². The van der Waals surface area contributed by atoms with E-state index in [0.717, 1.165) is 11.1 Å². The van der Waals surface area contributed by atoms with Crippen molar-refractivity contribution in [1.82, 2.24) is 10.2 Å². The van der Waals surface area contributed by atoms with Crippen LogP contribution in [0.5, 0.6) is 11.5 Å². The fraction of sp³-hybridized carbons (Fsp3) is 0.0800. The summed E-state index contributed by atoms with van der Waals surface area (Å²) in [5, 5.41) is 29.2. The molecular formula is C25H17N5O3S. The largest absolute Gasteiger partial charge is 0.489 e. The fourth-order valence-electron chi connectivity index (χ4n) is 3.10. The molecule has 4 aromatic rings. The van der Waals surface area contributed by atoms with Gasteiger partial charge < -0.3 is 9.47 Å².